The van der Waals surface area contributed by atoms with Crippen molar-refractivity contribution >= 4 is 0 Å². The zero-order valence-electron chi connectivity index (χ0n) is 92.1. The van der Waals surface area contributed by atoms with Crippen LogP contribution < -0.4 is 27.4 Å². The second kappa shape index (κ2) is 34.3. The summed E-state index contributed by atoms with van der Waals surface area (Å²) in [4.78, 5) is 0. The maximum absolute atomic E-state index is 8.48. The van der Waals surface area contributed by atoms with Gasteiger partial charge >= 0.3 is 0 Å². The third-order valence-corrected chi connectivity index (χ3v) is 23.5. The van der Waals surface area contributed by atoms with Crippen LogP contribution in [0, 0.1) is 88.7 Å². The van der Waals surface area contributed by atoms with Crippen LogP contribution in [-0.2, 0) is 113 Å². The topological polar surface area (TPSA) is 23.3 Å². The molecule has 6 aromatic carbocycles. The Morgan fingerprint density at radius 3 is 1.10 bits per heavy atom. The summed E-state index contributed by atoms with van der Waals surface area (Å²) in [6.07, 6.45) is 14.2. The van der Waals surface area contributed by atoms with Crippen LogP contribution >= 0.6 is 0 Å². The van der Waals surface area contributed by atoms with Gasteiger partial charge in [0.15, 0.2) is 37.2 Å². The predicted octanol–water partition coefficient (Wildman–Crippen LogP) is 21.0. The minimum Gasteiger partial charge on any atom is -0.201 e. The molecule has 0 amide bonds. The lowest BCUT2D eigenvalue weighted by atomic mass is 9.63. The molecule has 0 spiro atoms. The maximum Gasteiger partial charge on any atom is 0.216 e. The first-order chi connectivity index (χ1) is 63.2. The number of hydrogen-bond acceptors (Lipinski definition) is 0. The Balaban J connectivity index is 0.000000131. The average molecular weight is 1510 g/mol. The van der Waals surface area contributed by atoms with Crippen molar-refractivity contribution in [3.8, 4) is 67.5 Å². The number of aryl methyl sites for hydroxylation is 25. The first kappa shape index (κ1) is 54.0. The molecule has 2 bridgehead atoms. The second-order valence-corrected chi connectivity index (χ2v) is 32.0. The van der Waals surface area contributed by atoms with Crippen LogP contribution in [0.2, 0.25) is 0 Å². The van der Waals surface area contributed by atoms with E-state index in [4.69, 9.17) is 32.9 Å². The van der Waals surface area contributed by atoms with Crippen LogP contribution in [-0.4, -0.2) is 0 Å². The molecule has 8 aliphatic rings. The van der Waals surface area contributed by atoms with Gasteiger partial charge in [-0.15, -0.1) is 0 Å². The largest absolute Gasteiger partial charge is 0.216 e. The van der Waals surface area contributed by atoms with Crippen molar-refractivity contribution in [3.05, 3.63) is 316 Å². The van der Waals surface area contributed by atoms with Crippen molar-refractivity contribution in [1.82, 2.24) is 0 Å². The average Bonchev–Trinajstić information content (AvgIpc) is 1.47. The summed E-state index contributed by atoms with van der Waals surface area (Å²) in [5, 5.41) is 0. The molecule has 1 fully saturated rings. The number of aromatic nitrogens is 6. The number of fused-ring (bicyclic) bond motifs is 5. The number of pyridine rings is 6. The standard InChI is InChI=1S/C19H22N.2C18H22N.3C17H20N/c1-12-4-5-17(13(2)6-12)19-10-18-15-7-14(8-15)9-16(18)11-20(19)3;1-13-8-9-17(14(2)10-13)18-11-15-6-4-5-7-16(15)12-19(18)3;1-13-8-9-16(14(2)12-13)18-17-7-5-4-6-15(17)10-11-19(18)3;1-12-7-8-16(13(2)9-12)17-10-14-5-4-6-15(14)11-18(17)3;2*1-12-7-8-15(13(2)11-12)17-16-6-4-5-14(16)9-10-18(17)3/h4-6,10-11,14-15H,7-9H2,1-3H3;2*8-12H,4-7H2,1-3H3;3*7-11H,4-6H2,1-3H3/q6*+1/i;1D3,6D2;1D3,6D2,7D2;1D3,5D2;1D3,5D2,6D2;. The van der Waals surface area contributed by atoms with Gasteiger partial charge in [-0.05, 0) is 326 Å². The van der Waals surface area contributed by atoms with E-state index in [0.29, 0.717) is 63.2 Å². The van der Waals surface area contributed by atoms with Gasteiger partial charge in [-0.3, -0.25) is 0 Å². The van der Waals surface area contributed by atoms with E-state index in [1.165, 1.54) is 89.4 Å². The normalized spacial score (nSPS) is 21.9. The maximum atomic E-state index is 8.48. The quantitative estimate of drug-likeness (QED) is 0.148. The van der Waals surface area contributed by atoms with E-state index in [2.05, 4.69) is 112 Å². The Hall–Kier alpha value is -9.78. The molecule has 6 heteroatoms. The summed E-state index contributed by atoms with van der Waals surface area (Å²) in [5.41, 5.74) is 33.1. The van der Waals surface area contributed by atoms with E-state index in [9.17, 15) is 0 Å². The highest BCUT2D eigenvalue weighted by atomic mass is 15.0. The summed E-state index contributed by atoms with van der Waals surface area (Å²) in [5.74, 6) is 1.81. The zero-order chi connectivity index (χ0) is 99.5. The van der Waals surface area contributed by atoms with Crippen LogP contribution in [0.3, 0.4) is 0 Å². The summed E-state index contributed by atoms with van der Waals surface area (Å²) < 4.78 is 202. The molecule has 6 aromatic heterocycles. The summed E-state index contributed by atoms with van der Waals surface area (Å²) in [7, 11) is 11.8. The number of benzene rings is 6. The third-order valence-electron chi connectivity index (χ3n) is 23.5. The monoisotopic (exact) mass is 1510 g/mol. The number of hydrogen-bond donors (Lipinski definition) is 0. The minimum atomic E-state index is -2.20. The van der Waals surface area contributed by atoms with Crippen LogP contribution in [0.15, 0.2) is 183 Å². The van der Waals surface area contributed by atoms with Crippen molar-refractivity contribution in [1.29, 1.82) is 0 Å². The molecular formula is C106H126N6+6. The van der Waals surface area contributed by atoms with Gasteiger partial charge in [-0.1, -0.05) is 106 Å². The van der Waals surface area contributed by atoms with Gasteiger partial charge in [0, 0.05) is 136 Å². The first-order valence-electron chi connectivity index (χ1n) is 51.9. The highest BCUT2D eigenvalue weighted by Gasteiger charge is 2.39. The fraction of sp³-hybridized carbons (Fsp3) is 0.377. The lowest BCUT2D eigenvalue weighted by Gasteiger charge is -2.41. The van der Waals surface area contributed by atoms with Gasteiger partial charge in [0.25, 0.3) is 0 Å². The Bertz CT molecular complexity index is 6650. The Kier molecular flexibility index (Phi) is 16.5. The molecule has 0 atom stereocenters. The van der Waals surface area contributed by atoms with Gasteiger partial charge in [0.2, 0.25) is 34.2 Å². The molecule has 574 valence electrons. The summed E-state index contributed by atoms with van der Waals surface area (Å²) in [6, 6.07) is 45.5. The predicted molar refractivity (Wildman–Crippen MR) is 464 cm³/mol. The van der Waals surface area contributed by atoms with E-state index >= 15 is 0 Å². The van der Waals surface area contributed by atoms with E-state index in [1.54, 1.807) is 138 Å². The number of rotatable bonds is 6. The molecule has 6 nitrogen and oxygen atoms in total. The lowest BCUT2D eigenvalue weighted by molar-refractivity contribution is -0.661. The molecule has 20 rings (SSSR count). The zero-order valence-corrected chi connectivity index (χ0v) is 68.1. The van der Waals surface area contributed by atoms with Gasteiger partial charge in [-0.25, -0.2) is 27.4 Å². The van der Waals surface area contributed by atoms with E-state index in [0.717, 1.165) is 104 Å². The molecule has 12 aromatic rings. The Morgan fingerprint density at radius 1 is 0.286 bits per heavy atom. The fourth-order valence-electron chi connectivity index (χ4n) is 17.7. The fourth-order valence-corrected chi connectivity index (χ4v) is 17.7. The third kappa shape index (κ3) is 17.2. The molecule has 1 saturated carbocycles. The molecule has 0 radical (unpaired) electrons. The van der Waals surface area contributed by atoms with Crippen molar-refractivity contribution in [2.24, 2.45) is 48.2 Å². The first-order valence-corrected chi connectivity index (χ1v) is 39.9. The number of nitrogens with zero attached hydrogens (tertiary/aromatic N) is 6. The summed E-state index contributed by atoms with van der Waals surface area (Å²) in [6.45, 7) is 7.54. The van der Waals surface area contributed by atoms with Crippen molar-refractivity contribution in [2.75, 3.05) is 0 Å². The Morgan fingerprint density at radius 2 is 0.634 bits per heavy atom. The molecule has 112 heavy (non-hydrogen) atoms. The van der Waals surface area contributed by atoms with Crippen LogP contribution in [0.5, 0.6) is 0 Å². The summed E-state index contributed by atoms with van der Waals surface area (Å²) >= 11 is 0. The van der Waals surface area contributed by atoms with E-state index < -0.39 is 65.6 Å². The molecule has 0 N–H and O–H groups in total. The van der Waals surface area contributed by atoms with Crippen molar-refractivity contribution < 1.29 is 60.3 Å². The van der Waals surface area contributed by atoms with Gasteiger partial charge in [-0.2, -0.15) is 0 Å². The van der Waals surface area contributed by atoms with E-state index in [1.807, 2.05) is 73.7 Å². The molecule has 0 aliphatic heterocycles. The van der Waals surface area contributed by atoms with Gasteiger partial charge in [0.1, 0.15) is 42.3 Å². The highest BCUT2D eigenvalue weighted by Crippen LogP contribution is 2.50. The molecule has 0 unspecified atom stereocenters. The molecule has 6 heterocycles. The molecule has 0 saturated heterocycles. The minimum absolute atomic E-state index is 0.108. The van der Waals surface area contributed by atoms with Crippen LogP contribution in [0.4, 0.5) is 0 Å². The van der Waals surface area contributed by atoms with Crippen LogP contribution in [0.25, 0.3) is 67.5 Å². The Labute approximate surface area is 706 Å². The van der Waals surface area contributed by atoms with Gasteiger partial charge < -0.3 is 0 Å². The smallest absolute Gasteiger partial charge is 0.201 e. The lowest BCUT2D eigenvalue weighted by Crippen LogP contribution is -2.37. The highest BCUT2D eigenvalue weighted by molar-refractivity contribution is 5.70. The van der Waals surface area contributed by atoms with Crippen molar-refractivity contribution in [2.45, 2.75) is 217 Å². The molecule has 8 aliphatic carbocycles. The van der Waals surface area contributed by atoms with Crippen LogP contribution in [0.1, 0.15) is 230 Å². The SMILES string of the molecule is Cc1ccc(-c2c3c(cc[n+]2C)CCC3)c(C)c1.Cc1ccc(-c2cc3c(c[n+]2C)CC2CC3C2)c(C)c1.[2H]C([2H])([2H])c1ccc(-c2c3c(cc[n+]2C)C([2H])([2H])CC3([2H])[2H])c(C)c1.[2H]C([2H])([2H])c1ccc(-c2c3c(cc[n+]2C)C([2H])([2H])CCC3([2H])[2H])c(C)c1.[2H]C([2H])([2H])c1ccc(-c2cc3c(c[n+]2C)CCC3([2H])[2H])c(C)c1.[2H]C([2H])([2H])c1ccc(-c2cc3c(c[n+]2C)CCCC3([2H])[2H])c(C)c1. The second-order valence-electron chi connectivity index (χ2n) is 32.0. The van der Waals surface area contributed by atoms with E-state index in [-0.39, 0.29) is 30.4 Å². The van der Waals surface area contributed by atoms with Crippen molar-refractivity contribution in [3.63, 3.8) is 0 Å². The molecular weight excluding hydrogens is 1360 g/mol. The van der Waals surface area contributed by atoms with Gasteiger partial charge in [0.05, 0.1) is 0 Å².